The van der Waals surface area contributed by atoms with Crippen LogP contribution < -0.4 is 19.5 Å². The lowest BCUT2D eigenvalue weighted by atomic mass is 10.3. The minimum atomic E-state index is -0.915. The Balaban J connectivity index is 1.64. The van der Waals surface area contributed by atoms with Crippen molar-refractivity contribution < 1.29 is 23.8 Å². The fraction of sp³-hybridized carbons (Fsp3) is 0. The van der Waals surface area contributed by atoms with Crippen LogP contribution in [0.3, 0.4) is 0 Å². The quantitative estimate of drug-likeness (QED) is 0.537. The van der Waals surface area contributed by atoms with Crippen LogP contribution in [0.2, 0.25) is 0 Å². The number of carbonyl (C=O) groups is 2. The van der Waals surface area contributed by atoms with Crippen molar-refractivity contribution >= 4 is 17.9 Å². The van der Waals surface area contributed by atoms with Gasteiger partial charge in [-0.05, 0) is 36.4 Å². The van der Waals surface area contributed by atoms with Crippen molar-refractivity contribution in [1.82, 2.24) is 0 Å². The third-order valence-corrected chi connectivity index (χ3v) is 3.22. The Hall–Kier alpha value is -3.80. The molecule has 1 N–H and O–H groups in total. The van der Waals surface area contributed by atoms with E-state index in [4.69, 9.17) is 14.2 Å². The molecule has 130 valence electrons. The second kappa shape index (κ2) is 8.34. The first-order valence-corrected chi connectivity index (χ1v) is 7.78. The summed E-state index contributed by atoms with van der Waals surface area (Å²) in [6.07, 6.45) is -1.62. The average molecular weight is 349 g/mol. The Morgan fingerprint density at radius 3 is 1.81 bits per heavy atom. The molecule has 0 aliphatic rings. The van der Waals surface area contributed by atoms with Crippen molar-refractivity contribution in [3.63, 3.8) is 0 Å². The van der Waals surface area contributed by atoms with Gasteiger partial charge in [-0.25, -0.2) is 9.59 Å². The zero-order valence-corrected chi connectivity index (χ0v) is 13.6. The molecule has 6 nitrogen and oxygen atoms in total. The van der Waals surface area contributed by atoms with Crippen LogP contribution in [-0.4, -0.2) is 12.2 Å². The fourth-order valence-electron chi connectivity index (χ4n) is 2.09. The van der Waals surface area contributed by atoms with Gasteiger partial charge in [0.05, 0.1) is 5.69 Å². The zero-order valence-electron chi connectivity index (χ0n) is 13.6. The van der Waals surface area contributed by atoms with Gasteiger partial charge in [0, 0.05) is 0 Å². The maximum absolute atomic E-state index is 12.0. The molecule has 3 rings (SSSR count). The molecular weight excluding hydrogens is 334 g/mol. The van der Waals surface area contributed by atoms with Gasteiger partial charge in [-0.15, -0.1) is 0 Å². The van der Waals surface area contributed by atoms with E-state index >= 15 is 0 Å². The molecule has 0 unspecified atom stereocenters. The number of hydrogen-bond donors (Lipinski definition) is 1. The van der Waals surface area contributed by atoms with E-state index in [9.17, 15) is 9.59 Å². The number of carbonyl (C=O) groups excluding carboxylic acids is 2. The number of anilines is 1. The van der Waals surface area contributed by atoms with Gasteiger partial charge in [-0.1, -0.05) is 48.5 Å². The fourth-order valence-corrected chi connectivity index (χ4v) is 2.09. The molecule has 6 heteroatoms. The monoisotopic (exact) mass is 349 g/mol. The molecule has 3 aromatic rings. The number of ether oxygens (including phenoxy) is 3. The molecule has 0 heterocycles. The number of para-hydroxylation sites is 4. The summed E-state index contributed by atoms with van der Waals surface area (Å²) in [5.74, 6) is 0.886. The van der Waals surface area contributed by atoms with E-state index in [2.05, 4.69) is 5.32 Å². The minimum absolute atomic E-state index is 0.137. The highest BCUT2D eigenvalue weighted by molar-refractivity contribution is 5.88. The van der Waals surface area contributed by atoms with Crippen molar-refractivity contribution in [2.45, 2.75) is 0 Å². The SMILES string of the molecule is O=C(Nc1ccccc1OC(=O)Oc1ccccc1)Oc1ccccc1. The van der Waals surface area contributed by atoms with E-state index in [-0.39, 0.29) is 11.4 Å². The van der Waals surface area contributed by atoms with E-state index < -0.39 is 12.2 Å². The largest absolute Gasteiger partial charge is 0.519 e. The van der Waals surface area contributed by atoms with Crippen LogP contribution in [0.5, 0.6) is 17.2 Å². The zero-order chi connectivity index (χ0) is 18.2. The number of hydrogen-bond acceptors (Lipinski definition) is 5. The number of amides is 1. The molecule has 0 radical (unpaired) electrons. The molecule has 1 amide bonds. The first-order valence-electron chi connectivity index (χ1n) is 7.78. The van der Waals surface area contributed by atoms with E-state index in [0.29, 0.717) is 11.5 Å². The number of benzene rings is 3. The van der Waals surface area contributed by atoms with E-state index in [1.165, 1.54) is 6.07 Å². The van der Waals surface area contributed by atoms with Crippen molar-refractivity contribution in [3.05, 3.63) is 84.9 Å². The summed E-state index contributed by atoms with van der Waals surface area (Å²) < 4.78 is 15.4. The first-order chi connectivity index (χ1) is 12.7. The molecular formula is C20H15NO5. The Morgan fingerprint density at radius 2 is 1.15 bits per heavy atom. The third kappa shape index (κ3) is 4.85. The summed E-state index contributed by atoms with van der Waals surface area (Å²) in [6, 6.07) is 23.6. The molecule has 0 fully saturated rings. The first kappa shape index (κ1) is 17.0. The molecule has 0 saturated heterocycles. The Bertz CT molecular complexity index is 806. The molecule has 0 aliphatic heterocycles. The lowest BCUT2D eigenvalue weighted by Crippen LogP contribution is -2.19. The van der Waals surface area contributed by atoms with Gasteiger partial charge in [0.1, 0.15) is 11.5 Å². The van der Waals surface area contributed by atoms with Gasteiger partial charge >= 0.3 is 12.2 Å². The molecule has 0 aliphatic carbocycles. The number of rotatable bonds is 4. The van der Waals surface area contributed by atoms with Crippen LogP contribution in [0.1, 0.15) is 0 Å². The predicted octanol–water partition coefficient (Wildman–Crippen LogP) is 4.88. The number of nitrogens with one attached hydrogen (secondary N) is 1. The van der Waals surface area contributed by atoms with E-state index in [0.717, 1.165) is 0 Å². The summed E-state index contributed by atoms with van der Waals surface area (Å²) in [7, 11) is 0. The second-order valence-electron chi connectivity index (χ2n) is 5.09. The lowest BCUT2D eigenvalue weighted by molar-refractivity contribution is 0.152. The molecule has 0 bridgehead atoms. The highest BCUT2D eigenvalue weighted by atomic mass is 16.7. The summed E-state index contributed by atoms with van der Waals surface area (Å²) >= 11 is 0. The van der Waals surface area contributed by atoms with Crippen LogP contribution in [0, 0.1) is 0 Å². The average Bonchev–Trinajstić information content (AvgIpc) is 2.65. The molecule has 0 saturated carbocycles. The van der Waals surface area contributed by atoms with Crippen LogP contribution >= 0.6 is 0 Å². The maximum atomic E-state index is 12.0. The van der Waals surface area contributed by atoms with Gasteiger partial charge in [0.25, 0.3) is 0 Å². The van der Waals surface area contributed by atoms with Crippen molar-refractivity contribution in [1.29, 1.82) is 0 Å². The Labute approximate surface area is 149 Å². The van der Waals surface area contributed by atoms with E-state index in [1.54, 1.807) is 72.8 Å². The van der Waals surface area contributed by atoms with Crippen LogP contribution in [0.25, 0.3) is 0 Å². The Morgan fingerprint density at radius 1 is 0.615 bits per heavy atom. The van der Waals surface area contributed by atoms with Crippen LogP contribution in [-0.2, 0) is 0 Å². The van der Waals surface area contributed by atoms with E-state index in [1.807, 2.05) is 6.07 Å². The van der Waals surface area contributed by atoms with Crippen molar-refractivity contribution in [2.75, 3.05) is 5.32 Å². The van der Waals surface area contributed by atoms with Crippen LogP contribution in [0.15, 0.2) is 84.9 Å². The topological polar surface area (TPSA) is 73.9 Å². The molecule has 0 aromatic heterocycles. The normalized spacial score (nSPS) is 9.85. The Kier molecular flexibility index (Phi) is 5.47. The summed E-state index contributed by atoms with van der Waals surface area (Å²) in [6.45, 7) is 0. The lowest BCUT2D eigenvalue weighted by Gasteiger charge is -2.11. The molecule has 3 aromatic carbocycles. The highest BCUT2D eigenvalue weighted by Gasteiger charge is 2.14. The van der Waals surface area contributed by atoms with Crippen molar-refractivity contribution in [2.24, 2.45) is 0 Å². The molecule has 0 atom stereocenters. The van der Waals surface area contributed by atoms with Gasteiger partial charge in [0.15, 0.2) is 5.75 Å². The van der Waals surface area contributed by atoms with Crippen molar-refractivity contribution in [3.8, 4) is 17.2 Å². The third-order valence-electron chi connectivity index (χ3n) is 3.22. The van der Waals surface area contributed by atoms with Crippen LogP contribution in [0.4, 0.5) is 15.3 Å². The predicted molar refractivity (Wildman–Crippen MR) is 95.6 cm³/mol. The molecule has 26 heavy (non-hydrogen) atoms. The summed E-state index contributed by atoms with van der Waals surface area (Å²) in [5.41, 5.74) is 0.276. The van der Waals surface area contributed by atoms with Gasteiger partial charge in [0.2, 0.25) is 0 Å². The smallest absolute Gasteiger partial charge is 0.410 e. The highest BCUT2D eigenvalue weighted by Crippen LogP contribution is 2.25. The van der Waals surface area contributed by atoms with Gasteiger partial charge < -0.3 is 14.2 Å². The summed E-state index contributed by atoms with van der Waals surface area (Å²) in [5, 5.41) is 2.53. The van der Waals surface area contributed by atoms with Gasteiger partial charge in [-0.2, -0.15) is 0 Å². The second-order valence-corrected chi connectivity index (χ2v) is 5.09. The maximum Gasteiger partial charge on any atom is 0.519 e. The van der Waals surface area contributed by atoms with Gasteiger partial charge in [-0.3, -0.25) is 5.32 Å². The summed E-state index contributed by atoms with van der Waals surface area (Å²) in [4.78, 5) is 23.9. The minimum Gasteiger partial charge on any atom is -0.410 e. The molecule has 0 spiro atoms. The standard InChI is InChI=1S/C20H15NO5/c22-19(24-15-9-3-1-4-10-15)21-17-13-7-8-14-18(17)26-20(23)25-16-11-5-2-6-12-16/h1-14H,(H,21,22).